The first-order valence-electron chi connectivity index (χ1n) is 6.47. The van der Waals surface area contributed by atoms with Crippen LogP contribution in [0.1, 0.15) is 32.8 Å². The molecule has 1 aliphatic heterocycles. The summed E-state index contributed by atoms with van der Waals surface area (Å²) in [6.07, 6.45) is 1.05. The molecule has 1 aromatic rings. The number of amides is 1. The fourth-order valence-electron chi connectivity index (χ4n) is 2.52. The van der Waals surface area contributed by atoms with Crippen LogP contribution in [-0.2, 0) is 10.3 Å². The molecule has 19 heavy (non-hydrogen) atoms. The van der Waals surface area contributed by atoms with Gasteiger partial charge in [0.1, 0.15) is 5.54 Å². The number of carbonyl (C=O) groups excluding carboxylic acids is 1. The van der Waals surface area contributed by atoms with E-state index >= 15 is 0 Å². The highest BCUT2D eigenvalue weighted by atomic mass is 35.5. The van der Waals surface area contributed by atoms with E-state index in [9.17, 15) is 4.79 Å². The second-order valence-electron chi connectivity index (χ2n) is 6.21. The van der Waals surface area contributed by atoms with E-state index in [1.165, 1.54) is 0 Å². The third-order valence-electron chi connectivity index (χ3n) is 3.78. The molecule has 0 spiro atoms. The molecular formula is C15H23ClN2O. The Balaban J connectivity index is 0.00000180. The van der Waals surface area contributed by atoms with Crippen LogP contribution in [0.2, 0.25) is 0 Å². The van der Waals surface area contributed by atoms with Gasteiger partial charge in [-0.3, -0.25) is 4.79 Å². The lowest BCUT2D eigenvalue weighted by molar-refractivity contribution is -0.136. The van der Waals surface area contributed by atoms with E-state index in [4.69, 9.17) is 5.73 Å². The number of likely N-dealkylation sites (tertiary alicyclic amines) is 1. The highest BCUT2D eigenvalue weighted by Gasteiger charge is 2.39. The number of hydrogen-bond acceptors (Lipinski definition) is 2. The van der Waals surface area contributed by atoms with Crippen molar-refractivity contribution in [1.82, 2.24) is 4.90 Å². The Kier molecular flexibility index (Phi) is 4.64. The molecule has 0 radical (unpaired) electrons. The van der Waals surface area contributed by atoms with Crippen LogP contribution in [0, 0.1) is 5.41 Å². The molecule has 106 valence electrons. The molecule has 1 aliphatic rings. The molecule has 3 nitrogen and oxygen atoms in total. The maximum atomic E-state index is 12.6. The first kappa shape index (κ1) is 16.0. The summed E-state index contributed by atoms with van der Waals surface area (Å²) in [6.45, 7) is 7.79. The summed E-state index contributed by atoms with van der Waals surface area (Å²) in [5.41, 5.74) is 6.42. The first-order chi connectivity index (χ1) is 8.33. The van der Waals surface area contributed by atoms with Crippen molar-refractivity contribution in [3.63, 3.8) is 0 Å². The van der Waals surface area contributed by atoms with Crippen molar-refractivity contribution in [2.24, 2.45) is 11.1 Å². The third-order valence-corrected chi connectivity index (χ3v) is 3.78. The van der Waals surface area contributed by atoms with Gasteiger partial charge in [-0.2, -0.15) is 0 Å². The molecule has 1 heterocycles. The number of nitrogens with two attached hydrogens (primary N) is 1. The highest BCUT2D eigenvalue weighted by Crippen LogP contribution is 2.31. The van der Waals surface area contributed by atoms with E-state index < -0.39 is 5.54 Å². The number of carbonyl (C=O) groups is 1. The van der Waals surface area contributed by atoms with E-state index in [1.54, 1.807) is 6.92 Å². The molecule has 2 N–H and O–H groups in total. The summed E-state index contributed by atoms with van der Waals surface area (Å²) in [5.74, 6) is 0.0271. The zero-order valence-corrected chi connectivity index (χ0v) is 12.7. The van der Waals surface area contributed by atoms with Crippen LogP contribution in [0.25, 0.3) is 0 Å². The molecule has 0 aliphatic carbocycles. The lowest BCUT2D eigenvalue weighted by atomic mass is 9.91. The second kappa shape index (κ2) is 5.51. The smallest absolute Gasteiger partial charge is 0.246 e. The maximum Gasteiger partial charge on any atom is 0.246 e. The number of nitrogens with zero attached hydrogens (tertiary/aromatic N) is 1. The molecule has 1 atom stereocenters. The van der Waals surface area contributed by atoms with Crippen molar-refractivity contribution in [2.45, 2.75) is 32.7 Å². The predicted octanol–water partition coefficient (Wildman–Crippen LogP) is 2.54. The summed E-state index contributed by atoms with van der Waals surface area (Å²) in [4.78, 5) is 14.5. The molecule has 0 bridgehead atoms. The Labute approximate surface area is 121 Å². The number of benzene rings is 1. The van der Waals surface area contributed by atoms with Crippen molar-refractivity contribution in [1.29, 1.82) is 0 Å². The van der Waals surface area contributed by atoms with Crippen molar-refractivity contribution < 1.29 is 4.79 Å². The zero-order valence-electron chi connectivity index (χ0n) is 11.8. The van der Waals surface area contributed by atoms with Gasteiger partial charge in [-0.15, -0.1) is 12.4 Å². The molecule has 1 unspecified atom stereocenters. The maximum absolute atomic E-state index is 12.6. The Bertz CT molecular complexity index is 443. The van der Waals surface area contributed by atoms with Crippen molar-refractivity contribution in [2.75, 3.05) is 13.1 Å². The Morgan fingerprint density at radius 1 is 1.32 bits per heavy atom. The zero-order chi connectivity index (χ0) is 13.4. The normalized spacial score (nSPS) is 20.5. The molecule has 1 fully saturated rings. The van der Waals surface area contributed by atoms with Gasteiger partial charge in [-0.1, -0.05) is 44.2 Å². The van der Waals surface area contributed by atoms with Gasteiger partial charge in [-0.25, -0.2) is 0 Å². The lowest BCUT2D eigenvalue weighted by Crippen LogP contribution is -2.50. The van der Waals surface area contributed by atoms with E-state index in [2.05, 4.69) is 13.8 Å². The van der Waals surface area contributed by atoms with Crippen molar-refractivity contribution in [3.05, 3.63) is 35.9 Å². The molecule has 1 aromatic carbocycles. The first-order valence-corrected chi connectivity index (χ1v) is 6.47. The van der Waals surface area contributed by atoms with E-state index in [0.29, 0.717) is 0 Å². The van der Waals surface area contributed by atoms with Gasteiger partial charge in [0.25, 0.3) is 0 Å². The van der Waals surface area contributed by atoms with Gasteiger partial charge in [0, 0.05) is 13.1 Å². The molecule has 1 saturated heterocycles. The summed E-state index contributed by atoms with van der Waals surface area (Å²) >= 11 is 0. The van der Waals surface area contributed by atoms with Gasteiger partial charge in [-0.05, 0) is 24.3 Å². The van der Waals surface area contributed by atoms with Crippen LogP contribution in [0.5, 0.6) is 0 Å². The Morgan fingerprint density at radius 2 is 1.89 bits per heavy atom. The van der Waals surface area contributed by atoms with Crippen LogP contribution in [0.3, 0.4) is 0 Å². The fraction of sp³-hybridized carbons (Fsp3) is 0.533. The average molecular weight is 283 g/mol. The minimum absolute atomic E-state index is 0. The van der Waals surface area contributed by atoms with Crippen LogP contribution >= 0.6 is 12.4 Å². The molecule has 2 rings (SSSR count). The van der Waals surface area contributed by atoms with E-state index in [0.717, 1.165) is 25.1 Å². The molecule has 0 aromatic heterocycles. The number of rotatable bonds is 2. The summed E-state index contributed by atoms with van der Waals surface area (Å²) < 4.78 is 0. The summed E-state index contributed by atoms with van der Waals surface area (Å²) in [7, 11) is 0. The highest BCUT2D eigenvalue weighted by molar-refractivity contribution is 5.87. The van der Waals surface area contributed by atoms with Crippen molar-refractivity contribution >= 4 is 18.3 Å². The molecule has 4 heteroatoms. The monoisotopic (exact) mass is 282 g/mol. The van der Waals surface area contributed by atoms with Gasteiger partial charge < -0.3 is 10.6 Å². The lowest BCUT2D eigenvalue weighted by Gasteiger charge is -2.30. The van der Waals surface area contributed by atoms with Crippen LogP contribution in [-0.4, -0.2) is 23.9 Å². The second-order valence-corrected chi connectivity index (χ2v) is 6.21. The topological polar surface area (TPSA) is 46.3 Å². The SMILES string of the molecule is CC1(C)CCN(C(=O)C(C)(N)c2ccccc2)C1.Cl. The Morgan fingerprint density at radius 3 is 2.37 bits per heavy atom. The van der Waals surface area contributed by atoms with Gasteiger partial charge >= 0.3 is 0 Å². The molecule has 0 saturated carbocycles. The standard InChI is InChI=1S/C15H22N2O.ClH/c1-14(2)9-10-17(11-14)13(18)15(3,16)12-7-5-4-6-8-12;/h4-8H,9-11,16H2,1-3H3;1H. The van der Waals surface area contributed by atoms with Gasteiger partial charge in [0.05, 0.1) is 0 Å². The van der Waals surface area contributed by atoms with Gasteiger partial charge in [0.15, 0.2) is 0 Å². The summed E-state index contributed by atoms with van der Waals surface area (Å²) in [6, 6.07) is 9.60. The van der Waals surface area contributed by atoms with Gasteiger partial charge in [0.2, 0.25) is 5.91 Å². The van der Waals surface area contributed by atoms with Crippen LogP contribution in [0.15, 0.2) is 30.3 Å². The fourth-order valence-corrected chi connectivity index (χ4v) is 2.52. The number of halogens is 1. The third kappa shape index (κ3) is 3.28. The number of hydrogen-bond donors (Lipinski definition) is 1. The quantitative estimate of drug-likeness (QED) is 0.906. The molecule has 1 amide bonds. The predicted molar refractivity (Wildman–Crippen MR) is 80.2 cm³/mol. The van der Waals surface area contributed by atoms with Crippen LogP contribution in [0.4, 0.5) is 0 Å². The largest absolute Gasteiger partial charge is 0.340 e. The minimum atomic E-state index is -0.929. The van der Waals surface area contributed by atoms with Crippen LogP contribution < -0.4 is 5.73 Å². The minimum Gasteiger partial charge on any atom is -0.340 e. The average Bonchev–Trinajstić information content (AvgIpc) is 2.69. The van der Waals surface area contributed by atoms with Crippen molar-refractivity contribution in [3.8, 4) is 0 Å². The summed E-state index contributed by atoms with van der Waals surface area (Å²) in [5, 5.41) is 0. The van der Waals surface area contributed by atoms with E-state index in [-0.39, 0.29) is 23.7 Å². The Hall–Kier alpha value is -1.06. The van der Waals surface area contributed by atoms with E-state index in [1.807, 2.05) is 35.2 Å². The molecular weight excluding hydrogens is 260 g/mol.